The van der Waals surface area contributed by atoms with Gasteiger partial charge in [-0.05, 0) is 25.3 Å². The molecule has 1 saturated heterocycles. The van der Waals surface area contributed by atoms with Crippen molar-refractivity contribution in [1.82, 2.24) is 15.1 Å². The summed E-state index contributed by atoms with van der Waals surface area (Å²) >= 11 is 0. The Morgan fingerprint density at radius 2 is 1.89 bits per heavy atom. The SMILES string of the molecule is CN1CCN(C(=O)CNC2CCCCC2(C)C)CC1. The molecule has 1 aliphatic carbocycles. The van der Waals surface area contributed by atoms with Crippen molar-refractivity contribution in [2.75, 3.05) is 39.8 Å². The van der Waals surface area contributed by atoms with Crippen LogP contribution < -0.4 is 5.32 Å². The third kappa shape index (κ3) is 3.93. The van der Waals surface area contributed by atoms with Crippen molar-refractivity contribution in [2.24, 2.45) is 5.41 Å². The van der Waals surface area contributed by atoms with Crippen LogP contribution >= 0.6 is 0 Å². The molecule has 0 aromatic carbocycles. The third-order valence-corrected chi connectivity index (χ3v) is 4.86. The largest absolute Gasteiger partial charge is 0.339 e. The van der Waals surface area contributed by atoms with Crippen LogP contribution in [-0.4, -0.2) is 61.5 Å². The first-order valence-corrected chi connectivity index (χ1v) is 7.69. The lowest BCUT2D eigenvalue weighted by atomic mass is 9.73. The van der Waals surface area contributed by atoms with Crippen LogP contribution in [0.2, 0.25) is 0 Å². The highest BCUT2D eigenvalue weighted by molar-refractivity contribution is 5.78. The van der Waals surface area contributed by atoms with Crippen LogP contribution in [0.4, 0.5) is 0 Å². The second kappa shape index (κ2) is 6.23. The van der Waals surface area contributed by atoms with Crippen LogP contribution in [0, 0.1) is 5.41 Å². The quantitative estimate of drug-likeness (QED) is 0.838. The molecule has 19 heavy (non-hydrogen) atoms. The number of nitrogens with zero attached hydrogens (tertiary/aromatic N) is 2. The zero-order chi connectivity index (χ0) is 13.9. The zero-order valence-electron chi connectivity index (χ0n) is 12.7. The van der Waals surface area contributed by atoms with Gasteiger partial charge in [0.15, 0.2) is 0 Å². The number of nitrogens with one attached hydrogen (secondary N) is 1. The van der Waals surface area contributed by atoms with E-state index in [0.29, 0.717) is 18.0 Å². The maximum Gasteiger partial charge on any atom is 0.236 e. The van der Waals surface area contributed by atoms with Crippen LogP contribution in [-0.2, 0) is 4.79 Å². The second-order valence-electron chi connectivity index (χ2n) is 6.85. The molecule has 1 amide bonds. The summed E-state index contributed by atoms with van der Waals surface area (Å²) in [5.41, 5.74) is 0.334. The number of hydrogen-bond acceptors (Lipinski definition) is 3. The molecule has 4 nitrogen and oxygen atoms in total. The van der Waals surface area contributed by atoms with Crippen LogP contribution in [0.3, 0.4) is 0 Å². The fourth-order valence-corrected chi connectivity index (χ4v) is 3.25. The van der Waals surface area contributed by atoms with E-state index in [-0.39, 0.29) is 5.91 Å². The Balaban J connectivity index is 1.76. The lowest BCUT2D eigenvalue weighted by Gasteiger charge is -2.40. The number of amides is 1. The summed E-state index contributed by atoms with van der Waals surface area (Å²) in [6.07, 6.45) is 5.11. The Morgan fingerprint density at radius 3 is 2.53 bits per heavy atom. The highest BCUT2D eigenvalue weighted by Crippen LogP contribution is 2.35. The molecule has 4 heteroatoms. The first-order chi connectivity index (χ1) is 8.99. The second-order valence-corrected chi connectivity index (χ2v) is 6.85. The first-order valence-electron chi connectivity index (χ1n) is 7.69. The molecule has 0 spiro atoms. The maximum atomic E-state index is 12.2. The molecule has 0 aromatic rings. The number of carbonyl (C=O) groups is 1. The number of rotatable bonds is 3. The van der Waals surface area contributed by atoms with Crippen molar-refractivity contribution in [2.45, 2.75) is 45.6 Å². The summed E-state index contributed by atoms with van der Waals surface area (Å²) in [6.45, 7) is 8.92. The van der Waals surface area contributed by atoms with Crippen LogP contribution in [0.15, 0.2) is 0 Å². The molecule has 1 N–H and O–H groups in total. The normalized spacial score (nSPS) is 28.4. The van der Waals surface area contributed by atoms with Crippen LogP contribution in [0.25, 0.3) is 0 Å². The van der Waals surface area contributed by atoms with Crippen molar-refractivity contribution < 1.29 is 4.79 Å². The lowest BCUT2D eigenvalue weighted by molar-refractivity contribution is -0.132. The van der Waals surface area contributed by atoms with Crippen molar-refractivity contribution >= 4 is 5.91 Å². The average Bonchev–Trinajstić information content (AvgIpc) is 2.37. The van der Waals surface area contributed by atoms with E-state index >= 15 is 0 Å². The molecule has 0 aromatic heterocycles. The zero-order valence-corrected chi connectivity index (χ0v) is 12.7. The number of carbonyl (C=O) groups excluding carboxylic acids is 1. The Kier molecular flexibility index (Phi) is 4.85. The molecule has 1 atom stereocenters. The molecule has 2 aliphatic rings. The summed E-state index contributed by atoms with van der Waals surface area (Å²) in [5.74, 6) is 0.273. The average molecular weight is 267 g/mol. The summed E-state index contributed by atoms with van der Waals surface area (Å²) in [4.78, 5) is 16.5. The van der Waals surface area contributed by atoms with Crippen molar-refractivity contribution in [3.63, 3.8) is 0 Å². The molecule has 1 aliphatic heterocycles. The van der Waals surface area contributed by atoms with E-state index in [0.717, 1.165) is 26.2 Å². The summed E-state index contributed by atoms with van der Waals surface area (Å²) < 4.78 is 0. The van der Waals surface area contributed by atoms with Gasteiger partial charge in [0.05, 0.1) is 6.54 Å². The summed E-state index contributed by atoms with van der Waals surface area (Å²) in [5, 5.41) is 3.52. The van der Waals surface area contributed by atoms with E-state index in [1.807, 2.05) is 4.90 Å². The van der Waals surface area contributed by atoms with Gasteiger partial charge in [0.2, 0.25) is 5.91 Å². The topological polar surface area (TPSA) is 35.6 Å². The Bertz CT molecular complexity index is 309. The minimum absolute atomic E-state index is 0.273. The lowest BCUT2D eigenvalue weighted by Crippen LogP contribution is -2.52. The van der Waals surface area contributed by atoms with Crippen molar-refractivity contribution in [1.29, 1.82) is 0 Å². The predicted octanol–water partition coefficient (Wildman–Crippen LogP) is 1.32. The number of piperazine rings is 1. The molecular formula is C15H29N3O. The minimum Gasteiger partial charge on any atom is -0.339 e. The number of likely N-dealkylation sites (N-methyl/N-ethyl adjacent to an activating group) is 1. The predicted molar refractivity (Wildman–Crippen MR) is 78.1 cm³/mol. The standard InChI is InChI=1S/C15H29N3O/c1-15(2)7-5-4-6-13(15)16-12-14(19)18-10-8-17(3)9-11-18/h13,16H,4-12H2,1-3H3. The van der Waals surface area contributed by atoms with E-state index in [1.54, 1.807) is 0 Å². The highest BCUT2D eigenvalue weighted by Gasteiger charge is 2.32. The van der Waals surface area contributed by atoms with Gasteiger partial charge < -0.3 is 15.1 Å². The van der Waals surface area contributed by atoms with Gasteiger partial charge in [0, 0.05) is 32.2 Å². The van der Waals surface area contributed by atoms with Gasteiger partial charge in [0.25, 0.3) is 0 Å². The highest BCUT2D eigenvalue weighted by atomic mass is 16.2. The molecule has 1 heterocycles. The van der Waals surface area contributed by atoms with Crippen LogP contribution in [0.1, 0.15) is 39.5 Å². The Labute approximate surface area is 117 Å². The van der Waals surface area contributed by atoms with Gasteiger partial charge in [-0.1, -0.05) is 26.7 Å². The Hall–Kier alpha value is -0.610. The summed E-state index contributed by atoms with van der Waals surface area (Å²) in [7, 11) is 2.12. The van der Waals surface area contributed by atoms with Gasteiger partial charge >= 0.3 is 0 Å². The maximum absolute atomic E-state index is 12.2. The minimum atomic E-state index is 0.273. The molecule has 2 rings (SSSR count). The molecule has 2 fully saturated rings. The van der Waals surface area contributed by atoms with E-state index in [2.05, 4.69) is 31.1 Å². The van der Waals surface area contributed by atoms with Crippen molar-refractivity contribution in [3.05, 3.63) is 0 Å². The van der Waals surface area contributed by atoms with Crippen LogP contribution in [0.5, 0.6) is 0 Å². The summed E-state index contributed by atoms with van der Waals surface area (Å²) in [6, 6.07) is 0.498. The molecule has 0 bridgehead atoms. The van der Waals surface area contributed by atoms with Gasteiger partial charge in [-0.3, -0.25) is 4.79 Å². The monoisotopic (exact) mass is 267 g/mol. The van der Waals surface area contributed by atoms with Crippen molar-refractivity contribution in [3.8, 4) is 0 Å². The molecule has 1 unspecified atom stereocenters. The van der Waals surface area contributed by atoms with E-state index in [9.17, 15) is 4.79 Å². The first kappa shape index (κ1) is 14.8. The number of hydrogen-bond donors (Lipinski definition) is 1. The van der Waals surface area contributed by atoms with E-state index in [4.69, 9.17) is 0 Å². The fourth-order valence-electron chi connectivity index (χ4n) is 3.25. The van der Waals surface area contributed by atoms with E-state index < -0.39 is 0 Å². The molecule has 1 saturated carbocycles. The van der Waals surface area contributed by atoms with Gasteiger partial charge in [-0.2, -0.15) is 0 Å². The Morgan fingerprint density at radius 1 is 1.21 bits per heavy atom. The van der Waals surface area contributed by atoms with Gasteiger partial charge in [-0.15, -0.1) is 0 Å². The molecule has 0 radical (unpaired) electrons. The van der Waals surface area contributed by atoms with E-state index in [1.165, 1.54) is 25.7 Å². The van der Waals surface area contributed by atoms with Gasteiger partial charge in [0.1, 0.15) is 0 Å². The molecular weight excluding hydrogens is 238 g/mol. The third-order valence-electron chi connectivity index (χ3n) is 4.86. The fraction of sp³-hybridized carbons (Fsp3) is 0.933. The molecule has 110 valence electrons. The smallest absolute Gasteiger partial charge is 0.236 e. The van der Waals surface area contributed by atoms with Gasteiger partial charge in [-0.25, -0.2) is 0 Å².